The molecule has 4 aromatic rings. The van der Waals surface area contributed by atoms with E-state index in [0.717, 1.165) is 20.6 Å². The van der Waals surface area contributed by atoms with E-state index in [9.17, 15) is 9.59 Å². The van der Waals surface area contributed by atoms with Gasteiger partial charge in [0, 0.05) is 31.6 Å². The second-order valence-corrected chi connectivity index (χ2v) is 10.7. The van der Waals surface area contributed by atoms with Crippen molar-refractivity contribution in [1.29, 1.82) is 0 Å². The highest BCUT2D eigenvalue weighted by Gasteiger charge is 2.17. The van der Waals surface area contributed by atoms with Crippen LogP contribution in [0.4, 0.5) is 10.8 Å². The number of anilines is 2. The lowest BCUT2D eigenvalue weighted by molar-refractivity contribution is -0.115. The number of amides is 2. The minimum Gasteiger partial charge on any atom is -0.497 e. The Kier molecular flexibility index (Phi) is 8.22. The topological polar surface area (TPSA) is 80.3 Å². The van der Waals surface area contributed by atoms with Gasteiger partial charge in [-0.2, -0.15) is 0 Å². The molecule has 1 atom stereocenters. The van der Waals surface area contributed by atoms with Crippen molar-refractivity contribution in [2.45, 2.75) is 17.1 Å². The van der Waals surface area contributed by atoms with Crippen molar-refractivity contribution in [2.75, 3.05) is 17.7 Å². The van der Waals surface area contributed by atoms with E-state index in [4.69, 9.17) is 4.74 Å². The second-order valence-electron chi connectivity index (χ2n) is 7.50. The van der Waals surface area contributed by atoms with Crippen molar-refractivity contribution < 1.29 is 14.3 Å². The summed E-state index contributed by atoms with van der Waals surface area (Å²) in [7, 11) is 1.58. The summed E-state index contributed by atoms with van der Waals surface area (Å²) in [6.45, 7) is 1.84. The van der Waals surface area contributed by atoms with E-state index in [0.29, 0.717) is 22.1 Å². The van der Waals surface area contributed by atoms with Crippen LogP contribution in [0.15, 0.2) is 87.5 Å². The number of carbonyl (C=O) groups excluding carboxylic acids is 2. The fraction of sp³-hybridized carbons (Fsp3) is 0.115. The van der Waals surface area contributed by atoms with Crippen LogP contribution >= 0.6 is 39.0 Å². The molecule has 35 heavy (non-hydrogen) atoms. The molecule has 0 saturated carbocycles. The first-order chi connectivity index (χ1) is 16.9. The quantitative estimate of drug-likeness (QED) is 0.225. The molecule has 0 fully saturated rings. The highest BCUT2D eigenvalue weighted by molar-refractivity contribution is 9.10. The van der Waals surface area contributed by atoms with Gasteiger partial charge in [-0.05, 0) is 61.5 Å². The third-order valence-electron chi connectivity index (χ3n) is 5.00. The number of halogens is 1. The summed E-state index contributed by atoms with van der Waals surface area (Å²) in [6.07, 6.45) is 0. The van der Waals surface area contributed by atoms with Crippen molar-refractivity contribution in [3.05, 3.63) is 88.2 Å². The van der Waals surface area contributed by atoms with E-state index in [-0.39, 0.29) is 17.1 Å². The molecule has 2 N–H and O–H groups in total. The lowest BCUT2D eigenvalue weighted by atomic mass is 10.2. The molecule has 3 aromatic carbocycles. The van der Waals surface area contributed by atoms with Crippen LogP contribution in [0.2, 0.25) is 0 Å². The Labute approximate surface area is 220 Å². The summed E-state index contributed by atoms with van der Waals surface area (Å²) < 4.78 is 6.13. The smallest absolute Gasteiger partial charge is 0.255 e. The van der Waals surface area contributed by atoms with Crippen LogP contribution in [0.25, 0.3) is 11.3 Å². The number of hydrogen-bond donors (Lipinski definition) is 2. The zero-order chi connectivity index (χ0) is 24.8. The van der Waals surface area contributed by atoms with E-state index < -0.39 is 0 Å². The summed E-state index contributed by atoms with van der Waals surface area (Å²) >= 11 is 6.23. The summed E-state index contributed by atoms with van der Waals surface area (Å²) in [5.41, 5.74) is 2.99. The highest BCUT2D eigenvalue weighted by atomic mass is 79.9. The number of methoxy groups -OCH3 is 1. The van der Waals surface area contributed by atoms with E-state index in [2.05, 4.69) is 31.5 Å². The predicted octanol–water partition coefficient (Wildman–Crippen LogP) is 6.95. The van der Waals surface area contributed by atoms with Crippen molar-refractivity contribution in [1.82, 2.24) is 4.98 Å². The average molecular weight is 569 g/mol. The van der Waals surface area contributed by atoms with Gasteiger partial charge in [0.1, 0.15) is 5.75 Å². The van der Waals surface area contributed by atoms with Gasteiger partial charge >= 0.3 is 0 Å². The van der Waals surface area contributed by atoms with Gasteiger partial charge in [-0.1, -0.05) is 34.1 Å². The number of benzene rings is 3. The van der Waals surface area contributed by atoms with E-state index in [1.807, 2.05) is 60.8 Å². The van der Waals surface area contributed by atoms with Crippen LogP contribution in [0.5, 0.6) is 5.75 Å². The Morgan fingerprint density at radius 2 is 1.77 bits per heavy atom. The third kappa shape index (κ3) is 6.72. The molecule has 9 heteroatoms. The minimum atomic E-state index is -0.359. The van der Waals surface area contributed by atoms with Gasteiger partial charge < -0.3 is 15.4 Å². The zero-order valence-corrected chi connectivity index (χ0v) is 22.2. The number of nitrogens with one attached hydrogen (secondary N) is 2. The monoisotopic (exact) mass is 567 g/mol. The molecule has 178 valence electrons. The van der Waals surface area contributed by atoms with Crippen molar-refractivity contribution in [3.8, 4) is 17.0 Å². The summed E-state index contributed by atoms with van der Waals surface area (Å²) in [5, 5.41) is 7.91. The first kappa shape index (κ1) is 25.0. The minimum absolute atomic E-state index is 0.139. The Morgan fingerprint density at radius 3 is 2.49 bits per heavy atom. The maximum Gasteiger partial charge on any atom is 0.255 e. The van der Waals surface area contributed by atoms with Crippen molar-refractivity contribution >= 4 is 61.7 Å². The van der Waals surface area contributed by atoms with Gasteiger partial charge in [-0.3, -0.25) is 9.59 Å². The third-order valence-corrected chi connectivity index (χ3v) is 7.38. The summed E-state index contributed by atoms with van der Waals surface area (Å²) in [5.74, 6) is 0.333. The molecule has 0 aliphatic carbocycles. The summed E-state index contributed by atoms with van der Waals surface area (Å²) in [4.78, 5) is 30.7. The molecular formula is C26H22BrN3O3S2. The van der Waals surface area contributed by atoms with Crippen LogP contribution in [0, 0.1) is 0 Å². The molecule has 0 aliphatic heterocycles. The van der Waals surface area contributed by atoms with Crippen LogP contribution in [-0.4, -0.2) is 29.2 Å². The molecule has 1 aromatic heterocycles. The number of thioether (sulfide) groups is 1. The molecule has 0 bridgehead atoms. The van der Waals surface area contributed by atoms with E-state index in [1.54, 1.807) is 31.4 Å². The van der Waals surface area contributed by atoms with E-state index >= 15 is 0 Å². The van der Waals surface area contributed by atoms with Gasteiger partial charge in [0.15, 0.2) is 5.13 Å². The first-order valence-corrected chi connectivity index (χ1v) is 13.2. The van der Waals surface area contributed by atoms with Crippen molar-refractivity contribution in [2.24, 2.45) is 0 Å². The van der Waals surface area contributed by atoms with Crippen LogP contribution in [-0.2, 0) is 4.79 Å². The number of nitrogens with zero attached hydrogens (tertiary/aromatic N) is 1. The summed E-state index contributed by atoms with van der Waals surface area (Å²) in [6, 6.07) is 22.2. The molecule has 0 spiro atoms. The average Bonchev–Trinajstić information content (AvgIpc) is 3.33. The lowest BCUT2D eigenvalue weighted by Crippen LogP contribution is -2.22. The molecule has 0 radical (unpaired) electrons. The number of aromatic nitrogens is 1. The maximum atomic E-state index is 12.8. The van der Waals surface area contributed by atoms with Crippen molar-refractivity contribution in [3.63, 3.8) is 0 Å². The standard InChI is InChI=1S/C26H22BrN3O3S2/c1-16(24(31)30-26-29-23(15-34-26)17-6-10-19(27)11-7-17)35-22-5-3-4-20(14-22)28-25(32)18-8-12-21(33-2)13-9-18/h3-16H,1-2H3,(H,28,32)(H,29,30,31). The Hall–Kier alpha value is -3.14. The van der Waals surface area contributed by atoms with E-state index in [1.165, 1.54) is 23.1 Å². The van der Waals surface area contributed by atoms with Gasteiger partial charge in [0.05, 0.1) is 18.1 Å². The molecule has 6 nitrogen and oxygen atoms in total. The molecular weight excluding hydrogens is 546 g/mol. The fourth-order valence-electron chi connectivity index (χ4n) is 3.14. The molecule has 0 aliphatic rings. The number of thiazole rings is 1. The van der Waals surface area contributed by atoms with Crippen LogP contribution < -0.4 is 15.4 Å². The molecule has 0 saturated heterocycles. The van der Waals surface area contributed by atoms with Gasteiger partial charge in [-0.25, -0.2) is 4.98 Å². The second kappa shape index (κ2) is 11.5. The van der Waals surface area contributed by atoms with Crippen LogP contribution in [0.1, 0.15) is 17.3 Å². The number of rotatable bonds is 8. The molecule has 4 rings (SSSR count). The van der Waals surface area contributed by atoms with Gasteiger partial charge in [-0.15, -0.1) is 23.1 Å². The number of carbonyl (C=O) groups is 2. The maximum absolute atomic E-state index is 12.8. The largest absolute Gasteiger partial charge is 0.497 e. The van der Waals surface area contributed by atoms with Gasteiger partial charge in [0.25, 0.3) is 5.91 Å². The number of ether oxygens (including phenoxy) is 1. The first-order valence-electron chi connectivity index (χ1n) is 10.7. The molecule has 1 unspecified atom stereocenters. The highest BCUT2D eigenvalue weighted by Crippen LogP contribution is 2.29. The number of hydrogen-bond acceptors (Lipinski definition) is 6. The van der Waals surface area contributed by atoms with Gasteiger partial charge in [0.2, 0.25) is 5.91 Å². The Morgan fingerprint density at radius 1 is 1.03 bits per heavy atom. The fourth-order valence-corrected chi connectivity index (χ4v) is 5.06. The SMILES string of the molecule is COc1ccc(C(=O)Nc2cccc(SC(C)C(=O)Nc3nc(-c4ccc(Br)cc4)cs3)c2)cc1. The lowest BCUT2D eigenvalue weighted by Gasteiger charge is -2.12. The predicted molar refractivity (Wildman–Crippen MR) is 147 cm³/mol. The molecule has 1 heterocycles. The zero-order valence-electron chi connectivity index (χ0n) is 18.9. The molecule has 2 amide bonds. The Balaban J connectivity index is 1.35. The van der Waals surface area contributed by atoms with Crippen LogP contribution in [0.3, 0.4) is 0 Å². The normalized spacial score (nSPS) is 11.5. The Bertz CT molecular complexity index is 1320.